The lowest BCUT2D eigenvalue weighted by atomic mass is 9.94. The molecule has 0 aromatic heterocycles. The Balaban J connectivity index is 1.72. The Kier molecular flexibility index (Phi) is 11.0. The molecule has 2 aromatic carbocycles. The van der Waals surface area contributed by atoms with E-state index < -0.39 is 12.2 Å². The van der Waals surface area contributed by atoms with Crippen LogP contribution in [-0.4, -0.2) is 63.1 Å². The Morgan fingerprint density at radius 2 is 2.06 bits per heavy atom. The second-order valence-corrected chi connectivity index (χ2v) is 9.56. The number of carbonyl (C=O) groups is 2. The first-order valence-electron chi connectivity index (χ1n) is 12.3. The number of aryl methyl sites for hydroxylation is 1. The minimum atomic E-state index is -1.11. The number of rotatable bonds is 12. The normalized spacial score (nSPS) is 17.2. The van der Waals surface area contributed by atoms with Gasteiger partial charge < -0.3 is 30.5 Å². The molecule has 0 spiro atoms. The fourth-order valence-electron chi connectivity index (χ4n) is 4.45. The van der Waals surface area contributed by atoms with Crippen molar-refractivity contribution >= 4 is 23.6 Å². The first-order valence-corrected chi connectivity index (χ1v) is 12.7. The van der Waals surface area contributed by atoms with Crippen LogP contribution < -0.4 is 16.0 Å². The number of hydrogen-bond donors (Lipinski definition) is 4. The predicted octanol–water partition coefficient (Wildman–Crippen LogP) is 4.16. The van der Waals surface area contributed by atoms with Crippen LogP contribution in [0.1, 0.15) is 52.4 Å². The lowest BCUT2D eigenvalue weighted by molar-refractivity contribution is 0.0478. The van der Waals surface area contributed by atoms with Crippen LogP contribution in [0.5, 0.6) is 0 Å². The van der Waals surface area contributed by atoms with E-state index in [9.17, 15) is 9.59 Å². The summed E-state index contributed by atoms with van der Waals surface area (Å²) < 4.78 is 11.7. The van der Waals surface area contributed by atoms with Crippen LogP contribution >= 0.6 is 11.6 Å². The molecule has 1 heterocycles. The number of likely N-dealkylation sites (N-methyl/N-ethyl adjacent to an activating group) is 1. The van der Waals surface area contributed by atoms with Gasteiger partial charge in [0.25, 0.3) is 5.91 Å². The van der Waals surface area contributed by atoms with Gasteiger partial charge in [-0.2, -0.15) is 0 Å². The second-order valence-electron chi connectivity index (χ2n) is 9.12. The summed E-state index contributed by atoms with van der Waals surface area (Å²) in [5, 5.41) is 18.1. The van der Waals surface area contributed by atoms with Gasteiger partial charge in [-0.3, -0.25) is 4.79 Å². The lowest BCUT2D eigenvalue weighted by Crippen LogP contribution is -2.41. The Hall–Kier alpha value is -2.65. The van der Waals surface area contributed by atoms with E-state index in [2.05, 4.69) is 16.0 Å². The number of benzene rings is 2. The highest BCUT2D eigenvalue weighted by Crippen LogP contribution is 2.31. The average molecular weight is 518 g/mol. The molecule has 8 nitrogen and oxygen atoms in total. The predicted molar refractivity (Wildman–Crippen MR) is 140 cm³/mol. The molecule has 2 aromatic rings. The first-order chi connectivity index (χ1) is 17.4. The van der Waals surface area contributed by atoms with Crippen LogP contribution in [0.2, 0.25) is 5.02 Å². The van der Waals surface area contributed by atoms with E-state index >= 15 is 0 Å². The molecule has 0 aliphatic carbocycles. The van der Waals surface area contributed by atoms with Gasteiger partial charge in [0.15, 0.2) is 0 Å². The number of ether oxygens (including phenoxy) is 2. The molecule has 9 heteroatoms. The zero-order valence-corrected chi connectivity index (χ0v) is 21.6. The molecule has 3 rings (SSSR count). The van der Waals surface area contributed by atoms with Crippen molar-refractivity contribution in [3.05, 3.63) is 69.7 Å². The molecule has 0 unspecified atom stereocenters. The van der Waals surface area contributed by atoms with Crippen molar-refractivity contribution < 1.29 is 24.2 Å². The highest BCUT2D eigenvalue weighted by molar-refractivity contribution is 6.30. The Bertz CT molecular complexity index is 1010. The summed E-state index contributed by atoms with van der Waals surface area (Å²) in [5.74, 6) is 0.346. The molecule has 4 N–H and O–H groups in total. The van der Waals surface area contributed by atoms with Crippen molar-refractivity contribution in [2.75, 3.05) is 40.0 Å². The summed E-state index contributed by atoms with van der Waals surface area (Å²) in [6, 6.07) is 13.0. The van der Waals surface area contributed by atoms with E-state index in [0.29, 0.717) is 23.0 Å². The summed E-state index contributed by atoms with van der Waals surface area (Å²) in [4.78, 5) is 23.9. The molecular weight excluding hydrogens is 482 g/mol. The number of halogens is 1. The maximum atomic E-state index is 13.1. The van der Waals surface area contributed by atoms with Gasteiger partial charge in [-0.05, 0) is 80.1 Å². The van der Waals surface area contributed by atoms with E-state index in [1.807, 2.05) is 44.3 Å². The number of nitrogens with one attached hydrogen (secondary N) is 3. The van der Waals surface area contributed by atoms with Crippen molar-refractivity contribution in [1.29, 1.82) is 0 Å². The molecule has 0 bridgehead atoms. The van der Waals surface area contributed by atoms with Gasteiger partial charge in [0.2, 0.25) is 0 Å². The summed E-state index contributed by atoms with van der Waals surface area (Å²) in [5.41, 5.74) is 3.13. The van der Waals surface area contributed by atoms with Crippen LogP contribution in [0.25, 0.3) is 0 Å². The lowest BCUT2D eigenvalue weighted by Gasteiger charge is -2.26. The maximum absolute atomic E-state index is 13.1. The van der Waals surface area contributed by atoms with Crippen LogP contribution in [0.3, 0.4) is 0 Å². The third-order valence-corrected chi connectivity index (χ3v) is 6.66. The number of amides is 2. The summed E-state index contributed by atoms with van der Waals surface area (Å²) in [6.45, 7) is 4.39. The van der Waals surface area contributed by atoms with Crippen molar-refractivity contribution in [3.8, 4) is 0 Å². The van der Waals surface area contributed by atoms with E-state index in [0.717, 1.165) is 49.2 Å². The number of carbonyl (C=O) groups excluding carboxylic acids is 1. The van der Waals surface area contributed by atoms with Crippen LogP contribution in [0.4, 0.5) is 4.79 Å². The zero-order valence-electron chi connectivity index (χ0n) is 20.9. The van der Waals surface area contributed by atoms with Crippen LogP contribution in [-0.2, 0) is 9.47 Å². The van der Waals surface area contributed by atoms with Gasteiger partial charge in [-0.1, -0.05) is 29.8 Å². The summed E-state index contributed by atoms with van der Waals surface area (Å²) >= 11 is 6.23. The van der Waals surface area contributed by atoms with Crippen molar-refractivity contribution in [1.82, 2.24) is 16.0 Å². The molecule has 2 amide bonds. The smallest absolute Gasteiger partial charge is 0.404 e. The summed E-state index contributed by atoms with van der Waals surface area (Å²) in [7, 11) is 1.91. The Labute approximate surface area is 217 Å². The maximum Gasteiger partial charge on any atom is 0.404 e. The molecule has 1 saturated heterocycles. The first kappa shape index (κ1) is 27.9. The minimum Gasteiger partial charge on any atom is -0.465 e. The summed E-state index contributed by atoms with van der Waals surface area (Å²) in [6.07, 6.45) is 1.57. The zero-order chi connectivity index (χ0) is 25.9. The van der Waals surface area contributed by atoms with Gasteiger partial charge in [0, 0.05) is 42.9 Å². The van der Waals surface area contributed by atoms with E-state index in [-0.39, 0.29) is 25.1 Å². The highest BCUT2D eigenvalue weighted by atomic mass is 35.5. The number of carboxylic acid groups (broad SMARTS) is 1. The van der Waals surface area contributed by atoms with Crippen LogP contribution in [0, 0.1) is 12.8 Å². The molecule has 3 atom stereocenters. The third kappa shape index (κ3) is 8.48. The number of hydrogen-bond acceptors (Lipinski definition) is 5. The van der Waals surface area contributed by atoms with Gasteiger partial charge in [-0.25, -0.2) is 4.79 Å². The van der Waals surface area contributed by atoms with E-state index in [4.69, 9.17) is 26.2 Å². The SMILES string of the molecule is CN[C@H](CNC(=O)c1ccc(C)c([C@@H](OCCNC(=O)O)c2cccc(Cl)c2)c1)C[C@H]1CCCOC1. The Morgan fingerprint density at radius 1 is 1.22 bits per heavy atom. The van der Waals surface area contributed by atoms with Gasteiger partial charge >= 0.3 is 6.09 Å². The standard InChI is InChI=1S/C27H36ClN3O5/c1-18-8-9-21(26(32)31-16-23(29-2)13-19-5-4-11-35-17-19)15-24(18)25(36-12-10-30-27(33)34)20-6-3-7-22(28)14-20/h3,6-9,14-15,19,23,25,29-30H,4-5,10-13,16-17H2,1-2H3,(H,31,32)(H,33,34)/t19-,23+,25+/m1/s1. The minimum absolute atomic E-state index is 0.142. The Morgan fingerprint density at radius 3 is 2.75 bits per heavy atom. The fourth-order valence-corrected chi connectivity index (χ4v) is 4.65. The molecule has 1 fully saturated rings. The molecule has 0 radical (unpaired) electrons. The quantitative estimate of drug-likeness (QED) is 0.315. The molecule has 1 aliphatic heterocycles. The molecule has 196 valence electrons. The van der Waals surface area contributed by atoms with Gasteiger partial charge in [-0.15, -0.1) is 0 Å². The molecule has 36 heavy (non-hydrogen) atoms. The highest BCUT2D eigenvalue weighted by Gasteiger charge is 2.22. The monoisotopic (exact) mass is 517 g/mol. The van der Waals surface area contributed by atoms with E-state index in [1.165, 1.54) is 0 Å². The van der Waals surface area contributed by atoms with Gasteiger partial charge in [0.1, 0.15) is 6.10 Å². The van der Waals surface area contributed by atoms with Crippen LogP contribution in [0.15, 0.2) is 42.5 Å². The van der Waals surface area contributed by atoms with Gasteiger partial charge in [0.05, 0.1) is 6.61 Å². The average Bonchev–Trinajstić information content (AvgIpc) is 2.87. The topological polar surface area (TPSA) is 109 Å². The van der Waals surface area contributed by atoms with E-state index in [1.54, 1.807) is 12.1 Å². The second kappa shape index (κ2) is 14.2. The van der Waals surface area contributed by atoms with Crippen molar-refractivity contribution in [2.24, 2.45) is 5.92 Å². The third-order valence-electron chi connectivity index (χ3n) is 6.43. The van der Waals surface area contributed by atoms with Crippen molar-refractivity contribution in [2.45, 2.75) is 38.3 Å². The fraction of sp³-hybridized carbons (Fsp3) is 0.481. The van der Waals surface area contributed by atoms with Crippen molar-refractivity contribution in [3.63, 3.8) is 0 Å². The molecule has 0 saturated carbocycles. The largest absolute Gasteiger partial charge is 0.465 e. The molecular formula is C27H36ClN3O5. The molecule has 1 aliphatic rings.